The molecule has 9 aromatic carbocycles. The van der Waals surface area contributed by atoms with Gasteiger partial charge >= 0.3 is 0 Å². The van der Waals surface area contributed by atoms with Gasteiger partial charge in [0.05, 0.1) is 44.9 Å². The number of nitrogens with zero attached hydrogens (tertiary/aromatic N) is 2. The molecule has 4 heteroatoms. The van der Waals surface area contributed by atoms with E-state index >= 15 is 9.59 Å². The predicted octanol–water partition coefficient (Wildman–Crippen LogP) is 13.6. The Kier molecular flexibility index (Phi) is 5.47. The van der Waals surface area contributed by atoms with Gasteiger partial charge in [0.25, 0.3) is 0 Å². The summed E-state index contributed by atoms with van der Waals surface area (Å²) in [7, 11) is 0. The van der Waals surface area contributed by atoms with Crippen LogP contribution in [0.3, 0.4) is 0 Å². The number of carbonyl (C=O) groups is 2. The number of fused-ring (bicyclic) bond motifs is 13. The van der Waals surface area contributed by atoms with Gasteiger partial charge in [-0.15, -0.1) is 0 Å². The molecule has 0 saturated heterocycles. The normalized spacial score (nSPS) is 19.3. The molecular weight excluding hydrogens is 781 g/mol. The minimum absolute atomic E-state index is 0.0681. The van der Waals surface area contributed by atoms with Gasteiger partial charge in [0.1, 0.15) is 0 Å². The Hall–Kier alpha value is -8.08. The first-order chi connectivity index (χ1) is 31.6. The van der Waals surface area contributed by atoms with Crippen molar-refractivity contribution in [1.29, 1.82) is 0 Å². The van der Waals surface area contributed by atoms with Gasteiger partial charge < -0.3 is 8.80 Å². The molecule has 19 rings (SSSR count). The Morgan fingerprint density at radius 1 is 0.281 bits per heavy atom. The van der Waals surface area contributed by atoms with Crippen molar-refractivity contribution in [3.8, 4) is 0 Å². The van der Waals surface area contributed by atoms with Crippen LogP contribution in [0.4, 0.5) is 0 Å². The molecule has 4 bridgehead atoms. The van der Waals surface area contributed by atoms with E-state index in [2.05, 4.69) is 179 Å². The van der Waals surface area contributed by atoms with Gasteiger partial charge in [-0.1, -0.05) is 133 Å². The van der Waals surface area contributed by atoms with Crippen LogP contribution < -0.4 is 0 Å². The number of Topliss-reactive ketones (excluding diaryl/α,β-unsaturated/α-hetero) is 2. The van der Waals surface area contributed by atoms with E-state index in [-0.39, 0.29) is 35.2 Å². The standard InChI is InChI=1S/C60H32N2O2/c63-59-44-27-48-40(24-41(44)51-30-13-1-5-17-34(30)53(59)35-18-6-2-14-31(35)51)43-26-50-55(39-22-11-21-38-29-12-9-10-23-47(29)61(50)57(38)39)56-46-25-42-45(28-49(46)62(48)58(43)56)60(64)54-36-19-7-3-15-32(36)52(42)33-16-4-8-20-37(33)54/h1-28,51-54H. The summed E-state index contributed by atoms with van der Waals surface area (Å²) in [5.41, 5.74) is 19.8. The highest BCUT2D eigenvalue weighted by Crippen LogP contribution is 2.57. The quantitative estimate of drug-likeness (QED) is 0.153. The second kappa shape index (κ2) is 10.7. The summed E-state index contributed by atoms with van der Waals surface area (Å²) in [6.07, 6.45) is 0. The fourth-order valence-electron chi connectivity index (χ4n) is 13.9. The first-order valence-corrected chi connectivity index (χ1v) is 22.5. The second-order valence-electron chi connectivity index (χ2n) is 18.8. The summed E-state index contributed by atoms with van der Waals surface area (Å²) < 4.78 is 4.91. The van der Waals surface area contributed by atoms with E-state index in [1.165, 1.54) is 65.7 Å². The summed E-state index contributed by atoms with van der Waals surface area (Å²) in [5, 5.41) is 9.58. The number of benzene rings is 9. The number of hydrogen-bond donors (Lipinski definition) is 0. The summed E-state index contributed by atoms with van der Waals surface area (Å²) in [6, 6.07) is 61.6. The van der Waals surface area contributed by atoms with Crippen LogP contribution >= 0.6 is 0 Å². The number of hydrogen-bond acceptors (Lipinski definition) is 2. The lowest BCUT2D eigenvalue weighted by molar-refractivity contribution is 0.0966. The highest BCUT2D eigenvalue weighted by Gasteiger charge is 2.45. The molecule has 6 aliphatic rings. The fourth-order valence-corrected chi connectivity index (χ4v) is 13.9. The zero-order valence-electron chi connectivity index (χ0n) is 34.2. The lowest BCUT2D eigenvalue weighted by atomic mass is 9.72. The Morgan fingerprint density at radius 2 is 0.719 bits per heavy atom. The van der Waals surface area contributed by atoms with Crippen LogP contribution in [0.5, 0.6) is 0 Å². The largest absolute Gasteiger partial charge is 0.308 e. The highest BCUT2D eigenvalue weighted by molar-refractivity contribution is 6.38. The van der Waals surface area contributed by atoms with Crippen molar-refractivity contribution in [2.24, 2.45) is 0 Å². The first-order valence-electron chi connectivity index (χ1n) is 22.5. The molecule has 4 aromatic heterocycles. The predicted molar refractivity (Wildman–Crippen MR) is 256 cm³/mol. The molecule has 0 aliphatic heterocycles. The molecule has 6 aliphatic carbocycles. The maximum absolute atomic E-state index is 15.4. The van der Waals surface area contributed by atoms with Gasteiger partial charge in [-0.2, -0.15) is 0 Å². The lowest BCUT2D eigenvalue weighted by Gasteiger charge is -2.30. The van der Waals surface area contributed by atoms with Gasteiger partial charge in [0, 0.05) is 66.1 Å². The van der Waals surface area contributed by atoms with Crippen LogP contribution in [0.15, 0.2) is 170 Å². The van der Waals surface area contributed by atoms with Crippen LogP contribution in [-0.2, 0) is 0 Å². The summed E-state index contributed by atoms with van der Waals surface area (Å²) in [4.78, 5) is 30.7. The minimum atomic E-state index is -0.374. The van der Waals surface area contributed by atoms with Crippen LogP contribution in [0.2, 0.25) is 0 Å². The lowest BCUT2D eigenvalue weighted by Crippen LogP contribution is -2.19. The molecule has 4 nitrogen and oxygen atoms in total. The van der Waals surface area contributed by atoms with Crippen molar-refractivity contribution in [1.82, 2.24) is 8.80 Å². The van der Waals surface area contributed by atoms with Gasteiger partial charge in [-0.3, -0.25) is 9.59 Å². The SMILES string of the molecule is O=C1c2cc3c(cc2C2c4ccccc4C1c1ccccc12)c1cc2c(c4cccc5c6ccccc6n2c54)c2c4cc5c(cc4n3c12)C(=O)C1c2ccccc2C5c2ccccc21. The van der Waals surface area contributed by atoms with E-state index in [4.69, 9.17) is 0 Å². The molecule has 0 fully saturated rings. The van der Waals surface area contributed by atoms with Gasteiger partial charge in [-0.25, -0.2) is 0 Å². The number of aromatic nitrogens is 2. The number of rotatable bonds is 0. The monoisotopic (exact) mass is 812 g/mol. The highest BCUT2D eigenvalue weighted by atomic mass is 16.1. The fraction of sp³-hybridized carbons (Fsp3) is 0.0667. The molecule has 0 atom stereocenters. The third-order valence-electron chi connectivity index (χ3n) is 16.2. The van der Waals surface area contributed by atoms with Crippen molar-refractivity contribution in [3.63, 3.8) is 0 Å². The molecular formula is C60H32N2O2. The molecule has 13 aromatic rings. The van der Waals surface area contributed by atoms with E-state index in [1.807, 2.05) is 0 Å². The van der Waals surface area contributed by atoms with E-state index in [0.29, 0.717) is 0 Å². The Morgan fingerprint density at radius 3 is 1.28 bits per heavy atom. The molecule has 64 heavy (non-hydrogen) atoms. The van der Waals surface area contributed by atoms with Crippen molar-refractivity contribution < 1.29 is 9.59 Å². The second-order valence-corrected chi connectivity index (χ2v) is 18.8. The average molecular weight is 813 g/mol. The van der Waals surface area contributed by atoms with Crippen molar-refractivity contribution in [3.05, 3.63) is 237 Å². The van der Waals surface area contributed by atoms with Crippen LogP contribution in [-0.4, -0.2) is 20.4 Å². The van der Waals surface area contributed by atoms with Crippen molar-refractivity contribution >= 4 is 87.8 Å². The topological polar surface area (TPSA) is 43.0 Å². The van der Waals surface area contributed by atoms with E-state index in [1.54, 1.807) is 0 Å². The molecule has 0 unspecified atom stereocenters. The molecule has 0 saturated carbocycles. The maximum atomic E-state index is 15.4. The molecule has 0 spiro atoms. The molecule has 4 heterocycles. The summed E-state index contributed by atoms with van der Waals surface area (Å²) in [5.74, 6) is -0.592. The van der Waals surface area contributed by atoms with E-state index in [9.17, 15) is 0 Å². The zero-order chi connectivity index (χ0) is 41.4. The third kappa shape index (κ3) is 3.46. The zero-order valence-corrected chi connectivity index (χ0v) is 34.2. The van der Waals surface area contributed by atoms with Crippen LogP contribution in [0.1, 0.15) is 100 Å². The maximum Gasteiger partial charge on any atom is 0.175 e. The van der Waals surface area contributed by atoms with Crippen LogP contribution in [0, 0.1) is 0 Å². The molecule has 0 N–H and O–H groups in total. The Balaban J connectivity index is 1.08. The van der Waals surface area contributed by atoms with Crippen LogP contribution in [0.25, 0.3) is 76.2 Å². The number of carbonyl (C=O) groups excluding carboxylic acids is 2. The van der Waals surface area contributed by atoms with E-state index in [0.717, 1.165) is 77.2 Å². The van der Waals surface area contributed by atoms with Gasteiger partial charge in [-0.05, 0) is 92.0 Å². The van der Waals surface area contributed by atoms with Crippen molar-refractivity contribution in [2.75, 3.05) is 0 Å². The minimum Gasteiger partial charge on any atom is -0.308 e. The summed E-state index contributed by atoms with van der Waals surface area (Å²) in [6.45, 7) is 0. The third-order valence-corrected chi connectivity index (χ3v) is 16.2. The summed E-state index contributed by atoms with van der Waals surface area (Å²) >= 11 is 0. The molecule has 0 amide bonds. The molecule has 0 radical (unpaired) electrons. The molecule has 294 valence electrons. The number of para-hydroxylation sites is 2. The van der Waals surface area contributed by atoms with Gasteiger partial charge in [0.15, 0.2) is 11.6 Å². The van der Waals surface area contributed by atoms with Crippen molar-refractivity contribution in [2.45, 2.75) is 23.7 Å². The smallest absolute Gasteiger partial charge is 0.175 e. The Bertz CT molecular complexity index is 4290. The first kappa shape index (κ1) is 32.6. The Labute approximate surface area is 364 Å². The van der Waals surface area contributed by atoms with E-state index < -0.39 is 0 Å². The number of ketones is 2. The van der Waals surface area contributed by atoms with Gasteiger partial charge in [0.2, 0.25) is 0 Å². The average Bonchev–Trinajstić information content (AvgIpc) is 3.99.